The molecule has 1 heterocycles. The molecule has 1 aliphatic carbocycles. The van der Waals surface area contributed by atoms with Crippen molar-refractivity contribution in [1.29, 1.82) is 0 Å². The maximum absolute atomic E-state index is 5.98. The van der Waals surface area contributed by atoms with Crippen LogP contribution >= 0.6 is 0 Å². The van der Waals surface area contributed by atoms with Crippen molar-refractivity contribution in [3.63, 3.8) is 0 Å². The summed E-state index contributed by atoms with van der Waals surface area (Å²) in [6.07, 6.45) is 9.16. The van der Waals surface area contributed by atoms with E-state index in [-0.39, 0.29) is 0 Å². The lowest BCUT2D eigenvalue weighted by atomic mass is 9.79. The number of rotatable bonds is 5. The van der Waals surface area contributed by atoms with Gasteiger partial charge in [0.1, 0.15) is 0 Å². The van der Waals surface area contributed by atoms with Gasteiger partial charge in [-0.25, -0.2) is 0 Å². The van der Waals surface area contributed by atoms with E-state index in [1.54, 1.807) is 0 Å². The molecule has 2 nitrogen and oxygen atoms in total. The SMILES string of the molecule is CCNC(CC1CCC1)C1CCC(C)O1. The van der Waals surface area contributed by atoms with Gasteiger partial charge in [0.25, 0.3) is 0 Å². The number of ether oxygens (including phenoxy) is 1. The molecular weight excluding hydrogens is 186 g/mol. The van der Waals surface area contributed by atoms with Crippen LogP contribution in [0.5, 0.6) is 0 Å². The highest BCUT2D eigenvalue weighted by Crippen LogP contribution is 2.33. The smallest absolute Gasteiger partial charge is 0.0732 e. The lowest BCUT2D eigenvalue weighted by Crippen LogP contribution is -2.42. The average Bonchev–Trinajstić information content (AvgIpc) is 2.56. The molecule has 2 heteroatoms. The van der Waals surface area contributed by atoms with E-state index in [1.165, 1.54) is 38.5 Å². The molecule has 2 rings (SSSR count). The minimum Gasteiger partial charge on any atom is -0.374 e. The van der Waals surface area contributed by atoms with Gasteiger partial charge in [0.15, 0.2) is 0 Å². The van der Waals surface area contributed by atoms with Gasteiger partial charge < -0.3 is 10.1 Å². The lowest BCUT2D eigenvalue weighted by Gasteiger charge is -2.32. The largest absolute Gasteiger partial charge is 0.374 e. The highest BCUT2D eigenvalue weighted by molar-refractivity contribution is 4.86. The minimum atomic E-state index is 0.484. The fourth-order valence-corrected chi connectivity index (χ4v) is 2.85. The van der Waals surface area contributed by atoms with Crippen LogP contribution in [0.25, 0.3) is 0 Å². The highest BCUT2D eigenvalue weighted by Gasteiger charge is 2.32. The van der Waals surface area contributed by atoms with Crippen molar-refractivity contribution in [1.82, 2.24) is 5.32 Å². The van der Waals surface area contributed by atoms with Gasteiger partial charge in [-0.1, -0.05) is 26.2 Å². The van der Waals surface area contributed by atoms with Gasteiger partial charge in [-0.2, -0.15) is 0 Å². The molecule has 0 aromatic rings. The monoisotopic (exact) mass is 211 g/mol. The van der Waals surface area contributed by atoms with Gasteiger partial charge in [0.2, 0.25) is 0 Å². The summed E-state index contributed by atoms with van der Waals surface area (Å²) in [6.45, 7) is 5.48. The molecule has 1 aliphatic heterocycles. The molecule has 0 bridgehead atoms. The Balaban J connectivity index is 1.81. The fraction of sp³-hybridized carbons (Fsp3) is 1.00. The zero-order chi connectivity index (χ0) is 10.7. The van der Waals surface area contributed by atoms with Crippen molar-refractivity contribution < 1.29 is 4.74 Å². The van der Waals surface area contributed by atoms with Crippen LogP contribution < -0.4 is 5.32 Å². The van der Waals surface area contributed by atoms with Crippen molar-refractivity contribution in [2.24, 2.45) is 5.92 Å². The molecule has 0 aromatic heterocycles. The van der Waals surface area contributed by atoms with Crippen LogP contribution in [-0.4, -0.2) is 24.8 Å². The van der Waals surface area contributed by atoms with Gasteiger partial charge in [-0.15, -0.1) is 0 Å². The fourth-order valence-electron chi connectivity index (χ4n) is 2.85. The number of hydrogen-bond donors (Lipinski definition) is 1. The van der Waals surface area contributed by atoms with E-state index in [4.69, 9.17) is 4.74 Å². The zero-order valence-electron chi connectivity index (χ0n) is 10.2. The average molecular weight is 211 g/mol. The molecule has 1 saturated carbocycles. The van der Waals surface area contributed by atoms with Crippen LogP contribution in [0.1, 0.15) is 52.4 Å². The molecule has 0 radical (unpaired) electrons. The van der Waals surface area contributed by atoms with Crippen molar-refractivity contribution >= 4 is 0 Å². The van der Waals surface area contributed by atoms with Crippen molar-refractivity contribution in [3.8, 4) is 0 Å². The molecule has 3 unspecified atom stereocenters. The second kappa shape index (κ2) is 5.31. The zero-order valence-corrected chi connectivity index (χ0v) is 10.2. The summed E-state index contributed by atoms with van der Waals surface area (Å²) >= 11 is 0. The van der Waals surface area contributed by atoms with Gasteiger partial charge in [0.05, 0.1) is 12.2 Å². The second-order valence-corrected chi connectivity index (χ2v) is 5.26. The quantitative estimate of drug-likeness (QED) is 0.755. The number of nitrogens with one attached hydrogen (secondary N) is 1. The van der Waals surface area contributed by atoms with Crippen LogP contribution in [0, 0.1) is 5.92 Å². The van der Waals surface area contributed by atoms with Gasteiger partial charge in [-0.3, -0.25) is 0 Å². The maximum atomic E-state index is 5.98. The third kappa shape index (κ3) is 2.94. The normalized spacial score (nSPS) is 34.0. The maximum Gasteiger partial charge on any atom is 0.0732 e. The Morgan fingerprint density at radius 3 is 2.53 bits per heavy atom. The van der Waals surface area contributed by atoms with E-state index in [0.29, 0.717) is 18.2 Å². The number of hydrogen-bond acceptors (Lipinski definition) is 2. The van der Waals surface area contributed by atoms with E-state index in [9.17, 15) is 0 Å². The third-order valence-corrected chi connectivity index (χ3v) is 3.99. The van der Waals surface area contributed by atoms with Crippen molar-refractivity contribution in [3.05, 3.63) is 0 Å². The van der Waals surface area contributed by atoms with Gasteiger partial charge in [0, 0.05) is 6.04 Å². The summed E-state index contributed by atoms with van der Waals surface area (Å²) in [4.78, 5) is 0. The van der Waals surface area contributed by atoms with Crippen molar-refractivity contribution in [2.75, 3.05) is 6.54 Å². The molecule has 0 spiro atoms. The van der Waals surface area contributed by atoms with Gasteiger partial charge >= 0.3 is 0 Å². The Labute approximate surface area is 93.8 Å². The molecule has 88 valence electrons. The Bertz CT molecular complexity index is 191. The second-order valence-electron chi connectivity index (χ2n) is 5.26. The predicted octanol–water partition coefficient (Wildman–Crippen LogP) is 2.72. The van der Waals surface area contributed by atoms with E-state index in [0.717, 1.165) is 12.5 Å². The molecule has 2 aliphatic rings. The topological polar surface area (TPSA) is 21.3 Å². The van der Waals surface area contributed by atoms with E-state index >= 15 is 0 Å². The van der Waals surface area contributed by atoms with Crippen LogP contribution in [0.2, 0.25) is 0 Å². The Morgan fingerprint density at radius 1 is 1.27 bits per heavy atom. The Morgan fingerprint density at radius 2 is 2.07 bits per heavy atom. The number of likely N-dealkylation sites (N-methyl/N-ethyl adjacent to an activating group) is 1. The minimum absolute atomic E-state index is 0.484. The van der Waals surface area contributed by atoms with E-state index in [1.807, 2.05) is 0 Å². The molecule has 0 amide bonds. The molecule has 1 N–H and O–H groups in total. The van der Waals surface area contributed by atoms with Crippen LogP contribution in [0.15, 0.2) is 0 Å². The summed E-state index contributed by atoms with van der Waals surface area (Å²) in [5.41, 5.74) is 0. The van der Waals surface area contributed by atoms with Gasteiger partial charge in [-0.05, 0) is 38.6 Å². The standard InChI is InChI=1S/C13H25NO/c1-3-14-12(9-11-5-4-6-11)13-8-7-10(2)15-13/h10-14H,3-9H2,1-2H3. The Hall–Kier alpha value is -0.0800. The molecule has 0 aromatic carbocycles. The summed E-state index contributed by atoms with van der Waals surface area (Å²) in [7, 11) is 0. The first-order valence-corrected chi connectivity index (χ1v) is 6.68. The van der Waals surface area contributed by atoms with Crippen LogP contribution in [0.3, 0.4) is 0 Å². The first-order chi connectivity index (χ1) is 7.29. The Kier molecular flexibility index (Phi) is 4.04. The van der Waals surface area contributed by atoms with Crippen molar-refractivity contribution in [2.45, 2.75) is 70.6 Å². The highest BCUT2D eigenvalue weighted by atomic mass is 16.5. The summed E-state index contributed by atoms with van der Waals surface area (Å²) < 4.78 is 5.98. The molecule has 15 heavy (non-hydrogen) atoms. The third-order valence-electron chi connectivity index (χ3n) is 3.99. The van der Waals surface area contributed by atoms with Crippen LogP contribution in [0.4, 0.5) is 0 Å². The predicted molar refractivity (Wildman–Crippen MR) is 63.0 cm³/mol. The summed E-state index contributed by atoms with van der Waals surface area (Å²) in [6, 6.07) is 0.616. The first-order valence-electron chi connectivity index (χ1n) is 6.68. The molecule has 1 saturated heterocycles. The molecule has 2 fully saturated rings. The van der Waals surface area contributed by atoms with E-state index < -0.39 is 0 Å². The summed E-state index contributed by atoms with van der Waals surface area (Å²) in [5.74, 6) is 0.980. The molecular formula is C13H25NO. The lowest BCUT2D eigenvalue weighted by molar-refractivity contribution is 0.0231. The first kappa shape index (κ1) is 11.4. The molecule has 3 atom stereocenters. The summed E-state index contributed by atoms with van der Waals surface area (Å²) in [5, 5.41) is 3.62. The van der Waals surface area contributed by atoms with E-state index in [2.05, 4.69) is 19.2 Å². The van der Waals surface area contributed by atoms with Crippen LogP contribution in [-0.2, 0) is 4.74 Å².